The lowest BCUT2D eigenvalue weighted by Gasteiger charge is -2.29. The maximum absolute atomic E-state index is 12.2. The van der Waals surface area contributed by atoms with Crippen molar-refractivity contribution in [3.63, 3.8) is 0 Å². The average molecular weight is 343 g/mol. The van der Waals surface area contributed by atoms with Crippen LogP contribution in [-0.2, 0) is 19.4 Å². The highest BCUT2D eigenvalue weighted by molar-refractivity contribution is 7.91. The van der Waals surface area contributed by atoms with Crippen LogP contribution in [0.5, 0.6) is 0 Å². The number of rotatable bonds is 5. The fourth-order valence-corrected chi connectivity index (χ4v) is 3.74. The topological polar surface area (TPSA) is 118 Å². The van der Waals surface area contributed by atoms with Crippen LogP contribution in [0.1, 0.15) is 43.1 Å². The Morgan fingerprint density at radius 1 is 1.39 bits per heavy atom. The van der Waals surface area contributed by atoms with E-state index in [9.17, 15) is 18.0 Å². The molecule has 1 fully saturated rings. The summed E-state index contributed by atoms with van der Waals surface area (Å²) in [7, 11) is -2.76. The van der Waals surface area contributed by atoms with Gasteiger partial charge in [-0.05, 0) is 18.8 Å². The van der Waals surface area contributed by atoms with E-state index in [0.717, 1.165) is 31.9 Å². The van der Waals surface area contributed by atoms with Crippen molar-refractivity contribution in [1.82, 2.24) is 15.3 Å². The van der Waals surface area contributed by atoms with E-state index in [2.05, 4.69) is 20.0 Å². The van der Waals surface area contributed by atoms with E-state index in [4.69, 9.17) is 0 Å². The summed E-state index contributed by atoms with van der Waals surface area (Å²) in [5.74, 6) is -1.64. The van der Waals surface area contributed by atoms with E-state index < -0.39 is 32.6 Å². The molecule has 2 atom stereocenters. The van der Waals surface area contributed by atoms with Gasteiger partial charge in [-0.15, -0.1) is 0 Å². The quantitative estimate of drug-likeness (QED) is 0.758. The molecule has 1 amide bonds. The van der Waals surface area contributed by atoms with Crippen LogP contribution in [0.4, 0.5) is 0 Å². The summed E-state index contributed by atoms with van der Waals surface area (Å²) in [5.41, 5.74) is -0.0765. The number of imidazole rings is 1. The van der Waals surface area contributed by atoms with Gasteiger partial charge in [-0.3, -0.25) is 4.79 Å². The first-order valence-corrected chi connectivity index (χ1v) is 9.14. The molecule has 8 nitrogen and oxygen atoms in total. The number of carbonyl (C=O) groups excluding carboxylic acids is 2. The molecule has 23 heavy (non-hydrogen) atoms. The Morgan fingerprint density at radius 3 is 2.74 bits per heavy atom. The van der Waals surface area contributed by atoms with E-state index in [-0.39, 0.29) is 11.7 Å². The highest BCUT2D eigenvalue weighted by Crippen LogP contribution is 2.23. The van der Waals surface area contributed by atoms with E-state index in [0.29, 0.717) is 5.92 Å². The highest BCUT2D eigenvalue weighted by Gasteiger charge is 2.27. The number of aromatic amines is 1. The molecule has 0 saturated heterocycles. The number of nitrogens with one attached hydrogen (secondary N) is 2. The van der Waals surface area contributed by atoms with Crippen LogP contribution in [0.15, 0.2) is 11.4 Å². The Morgan fingerprint density at radius 2 is 2.09 bits per heavy atom. The molecule has 0 radical (unpaired) electrons. The molecule has 1 aromatic heterocycles. The number of amides is 1. The van der Waals surface area contributed by atoms with Gasteiger partial charge in [-0.2, -0.15) is 0 Å². The highest BCUT2D eigenvalue weighted by atomic mass is 32.2. The maximum atomic E-state index is 12.2. The molecule has 1 saturated carbocycles. The zero-order chi connectivity index (χ0) is 17.0. The minimum absolute atomic E-state index is 0.00804. The van der Waals surface area contributed by atoms with Crippen LogP contribution in [0, 0.1) is 5.92 Å². The van der Waals surface area contributed by atoms with Gasteiger partial charge >= 0.3 is 5.97 Å². The zero-order valence-corrected chi connectivity index (χ0v) is 14.0. The van der Waals surface area contributed by atoms with Crippen LogP contribution in [0.2, 0.25) is 0 Å². The molecular formula is C14H21N3O5S. The van der Waals surface area contributed by atoms with Gasteiger partial charge in [0.25, 0.3) is 0 Å². The second-order valence-corrected chi connectivity index (χ2v) is 7.69. The molecule has 128 valence electrons. The molecular weight excluding hydrogens is 322 g/mol. The second kappa shape index (κ2) is 7.12. The van der Waals surface area contributed by atoms with Crippen LogP contribution in [-0.4, -0.2) is 49.2 Å². The van der Waals surface area contributed by atoms with Gasteiger partial charge in [-0.1, -0.05) is 19.8 Å². The SMILES string of the molecule is COC(=O)c1cnc(S(=O)(=O)CC(=O)NC2CCCCC2C)[nH]1. The number of hydrogen-bond acceptors (Lipinski definition) is 6. The Labute approximate surface area is 134 Å². The minimum Gasteiger partial charge on any atom is -0.464 e. The predicted molar refractivity (Wildman–Crippen MR) is 81.5 cm³/mol. The zero-order valence-electron chi connectivity index (χ0n) is 13.2. The summed E-state index contributed by atoms with van der Waals surface area (Å²) >= 11 is 0. The van der Waals surface area contributed by atoms with Gasteiger partial charge in [0.15, 0.2) is 0 Å². The lowest BCUT2D eigenvalue weighted by atomic mass is 9.86. The fraction of sp³-hybridized carbons (Fsp3) is 0.643. The van der Waals surface area contributed by atoms with Crippen molar-refractivity contribution in [3.8, 4) is 0 Å². The molecule has 9 heteroatoms. The Hall–Kier alpha value is -1.90. The van der Waals surface area contributed by atoms with Crippen LogP contribution in [0.25, 0.3) is 0 Å². The number of sulfone groups is 1. The smallest absolute Gasteiger partial charge is 0.356 e. The van der Waals surface area contributed by atoms with Crippen molar-refractivity contribution in [2.24, 2.45) is 5.92 Å². The molecule has 1 heterocycles. The second-order valence-electron chi connectivity index (χ2n) is 5.79. The van der Waals surface area contributed by atoms with Crippen LogP contribution in [0.3, 0.4) is 0 Å². The molecule has 1 aromatic rings. The number of esters is 1. The van der Waals surface area contributed by atoms with Crippen molar-refractivity contribution in [1.29, 1.82) is 0 Å². The number of H-pyrrole nitrogens is 1. The maximum Gasteiger partial charge on any atom is 0.356 e. The van der Waals surface area contributed by atoms with Gasteiger partial charge in [0.2, 0.25) is 20.9 Å². The van der Waals surface area contributed by atoms with Crippen molar-refractivity contribution in [2.45, 2.75) is 43.8 Å². The molecule has 1 aliphatic carbocycles. The minimum atomic E-state index is -3.94. The lowest BCUT2D eigenvalue weighted by molar-refractivity contribution is -0.119. The lowest BCUT2D eigenvalue weighted by Crippen LogP contribution is -2.43. The third-order valence-electron chi connectivity index (χ3n) is 4.03. The van der Waals surface area contributed by atoms with Crippen LogP contribution < -0.4 is 5.32 Å². The molecule has 2 rings (SSSR count). The molecule has 2 N–H and O–H groups in total. The fourth-order valence-electron chi connectivity index (χ4n) is 2.69. The van der Waals surface area contributed by atoms with Crippen molar-refractivity contribution >= 4 is 21.7 Å². The summed E-state index contributed by atoms with van der Waals surface area (Å²) in [6.07, 6.45) is 5.12. The van der Waals surface area contributed by atoms with Gasteiger partial charge in [0.1, 0.15) is 11.4 Å². The Balaban J connectivity index is 2.01. The number of hydrogen-bond donors (Lipinski definition) is 2. The van der Waals surface area contributed by atoms with Crippen LogP contribution >= 0.6 is 0 Å². The molecule has 0 spiro atoms. The van der Waals surface area contributed by atoms with E-state index in [1.165, 1.54) is 7.11 Å². The van der Waals surface area contributed by atoms with Crippen molar-refractivity contribution in [2.75, 3.05) is 12.9 Å². The summed E-state index contributed by atoms with van der Waals surface area (Å²) in [6, 6.07) is 0.00804. The van der Waals surface area contributed by atoms with E-state index >= 15 is 0 Å². The summed E-state index contributed by atoms with van der Waals surface area (Å²) in [5, 5.41) is 2.37. The van der Waals surface area contributed by atoms with Gasteiger partial charge in [-0.25, -0.2) is 18.2 Å². The van der Waals surface area contributed by atoms with Crippen molar-refractivity contribution in [3.05, 3.63) is 11.9 Å². The van der Waals surface area contributed by atoms with Gasteiger partial charge < -0.3 is 15.0 Å². The summed E-state index contributed by atoms with van der Waals surface area (Å²) in [4.78, 5) is 29.3. The molecule has 2 unspecified atom stereocenters. The van der Waals surface area contributed by atoms with E-state index in [1.807, 2.05) is 6.92 Å². The number of ether oxygens (including phenoxy) is 1. The van der Waals surface area contributed by atoms with Crippen molar-refractivity contribution < 1.29 is 22.7 Å². The molecule has 0 bridgehead atoms. The third kappa shape index (κ3) is 4.31. The average Bonchev–Trinajstić information content (AvgIpc) is 2.99. The first kappa shape index (κ1) is 17.5. The summed E-state index contributed by atoms with van der Waals surface area (Å²) < 4.78 is 28.8. The van der Waals surface area contributed by atoms with Gasteiger partial charge in [0.05, 0.1) is 13.3 Å². The number of aromatic nitrogens is 2. The number of nitrogens with zero attached hydrogens (tertiary/aromatic N) is 1. The third-order valence-corrected chi connectivity index (χ3v) is 5.47. The normalized spacial score (nSPS) is 21.7. The van der Waals surface area contributed by atoms with Gasteiger partial charge in [0, 0.05) is 6.04 Å². The Kier molecular flexibility index (Phi) is 5.40. The number of methoxy groups -OCH3 is 1. The predicted octanol–water partition coefficient (Wildman–Crippen LogP) is 0.665. The summed E-state index contributed by atoms with van der Waals surface area (Å²) in [6.45, 7) is 2.05. The molecule has 1 aliphatic rings. The first-order valence-electron chi connectivity index (χ1n) is 7.49. The van der Waals surface area contributed by atoms with E-state index in [1.54, 1.807) is 0 Å². The largest absolute Gasteiger partial charge is 0.464 e. The molecule has 0 aliphatic heterocycles. The first-order chi connectivity index (χ1) is 10.8. The Bertz CT molecular complexity index is 682. The monoisotopic (exact) mass is 343 g/mol. The standard InChI is InChI=1S/C14H21N3O5S/c1-9-5-3-4-6-10(9)16-12(18)8-23(20,21)14-15-7-11(17-14)13(19)22-2/h7,9-10H,3-6,8H2,1-2H3,(H,15,17)(H,16,18). The molecule has 0 aromatic carbocycles. The number of carbonyl (C=O) groups is 2.